The molecule has 0 fully saturated rings. The van der Waals surface area contributed by atoms with Crippen molar-refractivity contribution >= 4 is 0 Å². The van der Waals surface area contributed by atoms with Crippen LogP contribution in [0, 0.1) is 0 Å². The van der Waals surface area contributed by atoms with Gasteiger partial charge in [0.05, 0.1) is 0 Å². The molecule has 0 spiro atoms. The lowest BCUT2D eigenvalue weighted by atomic mass is 10.3. The van der Waals surface area contributed by atoms with Crippen LogP contribution >= 0.6 is 0 Å². The van der Waals surface area contributed by atoms with Crippen molar-refractivity contribution in [1.29, 1.82) is 0 Å². The second-order valence-electron chi connectivity index (χ2n) is 1.75. The molecule has 1 unspecified atom stereocenters. The lowest BCUT2D eigenvalue weighted by molar-refractivity contribution is -0.106. The van der Waals surface area contributed by atoms with Gasteiger partial charge in [0, 0.05) is 20.0 Å². The molecule has 0 aliphatic rings. The Bertz CT molecular complexity index is 64.0. The number of hydrogen-bond donors (Lipinski definition) is 3. The second-order valence-corrected chi connectivity index (χ2v) is 1.75. The predicted octanol–water partition coefficient (Wildman–Crippen LogP) is -0.958. The Morgan fingerprint density at radius 1 is 1.22 bits per heavy atom. The molecule has 0 aromatic carbocycles. The molecule has 0 aliphatic heterocycles. The third-order valence-electron chi connectivity index (χ3n) is 0.944. The molecule has 0 bridgehead atoms. The van der Waals surface area contributed by atoms with E-state index in [4.69, 9.17) is 15.3 Å². The number of hydrogen-bond acceptors (Lipinski definition) is 4. The minimum atomic E-state index is -1.35. The Kier molecular flexibility index (Phi) is 4.61. The monoisotopic (exact) mass is 136 g/mol. The lowest BCUT2D eigenvalue weighted by Crippen LogP contribution is -2.13. The highest BCUT2D eigenvalue weighted by atomic mass is 16.6. The average Bonchev–Trinajstić information content (AvgIpc) is 1.83. The quantitative estimate of drug-likeness (QED) is 0.435. The number of aliphatic hydroxyl groups excluding tert-OH is 2. The van der Waals surface area contributed by atoms with Crippen molar-refractivity contribution in [3.8, 4) is 0 Å². The van der Waals surface area contributed by atoms with Gasteiger partial charge in [-0.2, -0.15) is 0 Å². The van der Waals surface area contributed by atoms with Crippen molar-refractivity contribution in [2.75, 3.05) is 7.11 Å². The van der Waals surface area contributed by atoms with Crippen molar-refractivity contribution in [1.82, 2.24) is 0 Å². The molecule has 0 amide bonds. The van der Waals surface area contributed by atoms with Crippen LogP contribution in [0.2, 0.25) is 0 Å². The average molecular weight is 136 g/mol. The molecule has 0 radical (unpaired) electrons. The van der Waals surface area contributed by atoms with E-state index < -0.39 is 12.6 Å². The summed E-state index contributed by atoms with van der Waals surface area (Å²) in [5.41, 5.74) is 0. The molecule has 0 aromatic rings. The van der Waals surface area contributed by atoms with Gasteiger partial charge >= 0.3 is 0 Å². The van der Waals surface area contributed by atoms with E-state index in [1.807, 2.05) is 0 Å². The van der Waals surface area contributed by atoms with Crippen molar-refractivity contribution in [2.45, 2.75) is 25.4 Å². The molecule has 4 nitrogen and oxygen atoms in total. The van der Waals surface area contributed by atoms with E-state index in [1.165, 1.54) is 7.11 Å². The van der Waals surface area contributed by atoms with E-state index in [1.54, 1.807) is 0 Å². The summed E-state index contributed by atoms with van der Waals surface area (Å²) in [5.74, 6) is 0. The van der Waals surface area contributed by atoms with Gasteiger partial charge in [-0.15, -0.1) is 0 Å². The molecule has 0 rings (SSSR count). The molecule has 3 N–H and O–H groups in total. The first-order valence-electron chi connectivity index (χ1n) is 2.74. The second kappa shape index (κ2) is 4.69. The van der Waals surface area contributed by atoms with Crippen LogP contribution in [0.4, 0.5) is 0 Å². The highest BCUT2D eigenvalue weighted by molar-refractivity contribution is 4.43. The zero-order valence-corrected chi connectivity index (χ0v) is 5.32. The van der Waals surface area contributed by atoms with Crippen LogP contribution < -0.4 is 0 Å². The van der Waals surface area contributed by atoms with Crippen LogP contribution in [0.15, 0.2) is 0 Å². The standard InChI is InChI=1S/C5H12O4/c1-9-5(8)3-2-4(6)7/h4-8H,2-3H2,1H3. The molecular formula is C5H12O4. The minimum Gasteiger partial charge on any atom is -0.368 e. The van der Waals surface area contributed by atoms with E-state index in [0.29, 0.717) is 0 Å². The van der Waals surface area contributed by atoms with Crippen LogP contribution in [0.25, 0.3) is 0 Å². The Labute approximate surface area is 53.7 Å². The highest BCUT2D eigenvalue weighted by Crippen LogP contribution is 1.98. The van der Waals surface area contributed by atoms with Crippen molar-refractivity contribution in [3.05, 3.63) is 0 Å². The topological polar surface area (TPSA) is 69.9 Å². The molecule has 56 valence electrons. The van der Waals surface area contributed by atoms with Crippen LogP contribution in [0.3, 0.4) is 0 Å². The van der Waals surface area contributed by atoms with E-state index >= 15 is 0 Å². The number of aliphatic hydroxyl groups is 3. The molecule has 0 aromatic heterocycles. The number of rotatable bonds is 4. The van der Waals surface area contributed by atoms with Gasteiger partial charge in [0.2, 0.25) is 0 Å². The zero-order chi connectivity index (χ0) is 7.28. The fourth-order valence-corrected chi connectivity index (χ4v) is 0.409. The third-order valence-corrected chi connectivity index (χ3v) is 0.944. The van der Waals surface area contributed by atoms with E-state index in [0.717, 1.165) is 0 Å². The largest absolute Gasteiger partial charge is 0.368 e. The Balaban J connectivity index is 3.06. The van der Waals surface area contributed by atoms with Crippen molar-refractivity contribution < 1.29 is 20.1 Å². The molecule has 0 saturated carbocycles. The van der Waals surface area contributed by atoms with Gasteiger partial charge in [0.15, 0.2) is 12.6 Å². The maximum Gasteiger partial charge on any atom is 0.154 e. The summed E-state index contributed by atoms with van der Waals surface area (Å²) in [5, 5.41) is 25.2. The molecule has 0 aliphatic carbocycles. The van der Waals surface area contributed by atoms with Gasteiger partial charge in [-0.05, 0) is 0 Å². The third kappa shape index (κ3) is 5.72. The Hall–Kier alpha value is -0.160. The summed E-state index contributed by atoms with van der Waals surface area (Å²) in [6, 6.07) is 0. The lowest BCUT2D eigenvalue weighted by Gasteiger charge is -2.07. The first-order chi connectivity index (χ1) is 4.16. The fraction of sp³-hybridized carbons (Fsp3) is 1.00. The van der Waals surface area contributed by atoms with Gasteiger partial charge in [-0.25, -0.2) is 0 Å². The number of methoxy groups -OCH3 is 1. The van der Waals surface area contributed by atoms with Crippen molar-refractivity contribution in [3.63, 3.8) is 0 Å². The van der Waals surface area contributed by atoms with Crippen LogP contribution in [0.1, 0.15) is 12.8 Å². The van der Waals surface area contributed by atoms with E-state index in [9.17, 15) is 0 Å². The summed E-state index contributed by atoms with van der Waals surface area (Å²) in [4.78, 5) is 0. The number of ether oxygens (including phenoxy) is 1. The molecule has 9 heavy (non-hydrogen) atoms. The minimum absolute atomic E-state index is 0.134. The van der Waals surface area contributed by atoms with Crippen LogP contribution in [-0.4, -0.2) is 35.0 Å². The Morgan fingerprint density at radius 3 is 2.11 bits per heavy atom. The SMILES string of the molecule is COC(O)CCC(O)O. The predicted molar refractivity (Wildman–Crippen MR) is 30.5 cm³/mol. The van der Waals surface area contributed by atoms with Gasteiger partial charge in [-0.3, -0.25) is 0 Å². The Morgan fingerprint density at radius 2 is 1.78 bits per heavy atom. The van der Waals surface area contributed by atoms with Gasteiger partial charge < -0.3 is 20.1 Å². The van der Waals surface area contributed by atoms with Gasteiger partial charge in [0.1, 0.15) is 0 Å². The first kappa shape index (κ1) is 8.84. The van der Waals surface area contributed by atoms with Crippen LogP contribution in [-0.2, 0) is 4.74 Å². The molecular weight excluding hydrogens is 124 g/mol. The fourth-order valence-electron chi connectivity index (χ4n) is 0.409. The summed E-state index contributed by atoms with van der Waals surface area (Å²) in [7, 11) is 1.36. The van der Waals surface area contributed by atoms with Crippen LogP contribution in [0.5, 0.6) is 0 Å². The van der Waals surface area contributed by atoms with Crippen molar-refractivity contribution in [2.24, 2.45) is 0 Å². The maximum atomic E-state index is 8.66. The zero-order valence-electron chi connectivity index (χ0n) is 5.32. The summed E-state index contributed by atoms with van der Waals surface area (Å²) >= 11 is 0. The van der Waals surface area contributed by atoms with Gasteiger partial charge in [-0.1, -0.05) is 0 Å². The molecule has 0 heterocycles. The molecule has 1 atom stereocenters. The molecule has 0 saturated heterocycles. The maximum absolute atomic E-state index is 8.66. The summed E-state index contributed by atoms with van der Waals surface area (Å²) in [6.45, 7) is 0. The first-order valence-corrected chi connectivity index (χ1v) is 2.74. The van der Waals surface area contributed by atoms with Gasteiger partial charge in [0.25, 0.3) is 0 Å². The smallest absolute Gasteiger partial charge is 0.154 e. The normalized spacial score (nSPS) is 14.3. The molecule has 4 heteroatoms. The summed E-state index contributed by atoms with van der Waals surface area (Å²) < 4.78 is 4.43. The van der Waals surface area contributed by atoms with E-state index in [-0.39, 0.29) is 12.8 Å². The summed E-state index contributed by atoms with van der Waals surface area (Å²) in [6.07, 6.45) is -1.86. The van der Waals surface area contributed by atoms with E-state index in [2.05, 4.69) is 4.74 Å². The highest BCUT2D eigenvalue weighted by Gasteiger charge is 2.03.